The molecule has 0 bridgehead atoms. The van der Waals surface area contributed by atoms with Crippen LogP contribution in [0.4, 0.5) is 4.79 Å². The van der Waals surface area contributed by atoms with Crippen molar-refractivity contribution in [3.63, 3.8) is 0 Å². The molecule has 1 N–H and O–H groups in total. The summed E-state index contributed by atoms with van der Waals surface area (Å²) >= 11 is 1.26. The third-order valence-electron chi connectivity index (χ3n) is 4.97. The van der Waals surface area contributed by atoms with Gasteiger partial charge in [-0.25, -0.2) is 4.79 Å². The van der Waals surface area contributed by atoms with Crippen molar-refractivity contribution >= 4 is 29.7 Å². The van der Waals surface area contributed by atoms with Gasteiger partial charge in [0.05, 0.1) is 22.5 Å². The molecule has 0 spiro atoms. The summed E-state index contributed by atoms with van der Waals surface area (Å²) in [5, 5.41) is 9.45. The normalized spacial score (nSPS) is 17.3. The van der Waals surface area contributed by atoms with E-state index >= 15 is 0 Å². The van der Waals surface area contributed by atoms with Crippen LogP contribution in [0.15, 0.2) is 46.2 Å². The van der Waals surface area contributed by atoms with Crippen LogP contribution >= 0.6 is 11.8 Å². The first kappa shape index (κ1) is 19.4. The van der Waals surface area contributed by atoms with Crippen LogP contribution < -0.4 is 9.47 Å². The fraction of sp³-hybridized carbons (Fsp3) is 0.273. The number of thioether (sulfide) groups is 1. The summed E-state index contributed by atoms with van der Waals surface area (Å²) in [5.74, 6) is 0.799. The van der Waals surface area contributed by atoms with Gasteiger partial charge in [-0.15, -0.1) is 0 Å². The van der Waals surface area contributed by atoms with Crippen LogP contribution in [0.5, 0.6) is 17.2 Å². The van der Waals surface area contributed by atoms with Gasteiger partial charge in [0.15, 0.2) is 0 Å². The summed E-state index contributed by atoms with van der Waals surface area (Å²) in [6.45, 7) is 1.38. The molecule has 6 nitrogen and oxygen atoms in total. The molecule has 150 valence electrons. The summed E-state index contributed by atoms with van der Waals surface area (Å²) < 4.78 is 11.0. The Kier molecular flexibility index (Phi) is 5.49. The van der Waals surface area contributed by atoms with Crippen LogP contribution in [0.3, 0.4) is 0 Å². The third-order valence-corrected chi connectivity index (χ3v) is 6.10. The van der Waals surface area contributed by atoms with Crippen molar-refractivity contribution in [2.45, 2.75) is 24.2 Å². The fourth-order valence-electron chi connectivity index (χ4n) is 3.44. The summed E-state index contributed by atoms with van der Waals surface area (Å²) in [6.07, 6.45) is 4.44. The highest BCUT2D eigenvalue weighted by Gasteiger charge is 2.33. The van der Waals surface area contributed by atoms with Crippen molar-refractivity contribution < 1.29 is 24.2 Å². The molecule has 29 heavy (non-hydrogen) atoms. The number of hydrogen-bond donors (Lipinski definition) is 1. The zero-order valence-electron chi connectivity index (χ0n) is 16.0. The Labute approximate surface area is 173 Å². The first-order valence-electron chi connectivity index (χ1n) is 9.48. The first-order valence-corrected chi connectivity index (χ1v) is 10.3. The van der Waals surface area contributed by atoms with E-state index in [1.807, 2.05) is 0 Å². The number of rotatable bonds is 3. The third kappa shape index (κ3) is 3.96. The molecule has 0 aliphatic carbocycles. The van der Waals surface area contributed by atoms with Gasteiger partial charge in [0.1, 0.15) is 17.2 Å². The van der Waals surface area contributed by atoms with E-state index in [0.29, 0.717) is 40.0 Å². The summed E-state index contributed by atoms with van der Waals surface area (Å²) in [6, 6.07) is 9.91. The second-order valence-electron chi connectivity index (χ2n) is 6.92. The minimum atomic E-state index is -0.388. The van der Waals surface area contributed by atoms with Crippen LogP contribution in [-0.4, -0.2) is 42.1 Å². The lowest BCUT2D eigenvalue weighted by Gasteiger charge is -2.26. The molecule has 0 atom stereocenters. The highest BCUT2D eigenvalue weighted by atomic mass is 32.2. The Morgan fingerprint density at radius 1 is 1.07 bits per heavy atom. The molecule has 0 unspecified atom stereocenters. The largest absolute Gasteiger partial charge is 0.508 e. The average molecular weight is 411 g/mol. The SMILES string of the molecule is COc1ccc(OC(=O)N2CCCCC2)c2c1C(=O)/C(=C/c1ccc(O)cc1)S2. The van der Waals surface area contributed by atoms with E-state index < -0.39 is 0 Å². The van der Waals surface area contributed by atoms with Crippen molar-refractivity contribution in [3.8, 4) is 17.2 Å². The number of methoxy groups -OCH3 is 1. The Bertz CT molecular complexity index is 977. The minimum Gasteiger partial charge on any atom is -0.508 e. The van der Waals surface area contributed by atoms with Gasteiger partial charge in [0.25, 0.3) is 0 Å². The van der Waals surface area contributed by atoms with Crippen molar-refractivity contribution in [2.24, 2.45) is 0 Å². The predicted molar refractivity (Wildman–Crippen MR) is 111 cm³/mol. The number of phenols is 1. The highest BCUT2D eigenvalue weighted by Crippen LogP contribution is 2.49. The fourth-order valence-corrected chi connectivity index (χ4v) is 4.56. The molecule has 7 heteroatoms. The lowest BCUT2D eigenvalue weighted by atomic mass is 10.1. The number of carbonyl (C=O) groups excluding carboxylic acids is 2. The van der Waals surface area contributed by atoms with Crippen LogP contribution in [0.25, 0.3) is 6.08 Å². The first-order chi connectivity index (χ1) is 14.1. The van der Waals surface area contributed by atoms with E-state index in [0.717, 1.165) is 24.8 Å². The van der Waals surface area contributed by atoms with E-state index in [1.54, 1.807) is 47.4 Å². The average Bonchev–Trinajstić information content (AvgIpc) is 3.07. The standard InChI is InChI=1S/C22H21NO5S/c1-27-16-9-10-17(28-22(26)23-11-3-2-4-12-23)21-19(16)20(25)18(29-21)13-14-5-7-15(24)8-6-14/h5-10,13,24H,2-4,11-12H2,1H3/b18-13-. The van der Waals surface area contributed by atoms with E-state index in [1.165, 1.54) is 18.9 Å². The maximum atomic E-state index is 13.0. The number of piperidine rings is 1. The Morgan fingerprint density at radius 2 is 1.76 bits per heavy atom. The minimum absolute atomic E-state index is 0.161. The van der Waals surface area contributed by atoms with Crippen LogP contribution in [0, 0.1) is 0 Å². The van der Waals surface area contributed by atoms with Crippen LogP contribution in [0.1, 0.15) is 35.2 Å². The molecule has 2 aromatic carbocycles. The molecular weight excluding hydrogens is 390 g/mol. The number of allylic oxidation sites excluding steroid dienone is 1. The number of aromatic hydroxyl groups is 1. The molecule has 0 radical (unpaired) electrons. The van der Waals surface area contributed by atoms with Crippen molar-refractivity contribution in [1.29, 1.82) is 0 Å². The molecule has 2 aliphatic heterocycles. The van der Waals surface area contributed by atoms with Gasteiger partial charge in [-0.3, -0.25) is 4.79 Å². The lowest BCUT2D eigenvalue weighted by Crippen LogP contribution is -2.37. The van der Waals surface area contributed by atoms with E-state index in [9.17, 15) is 14.7 Å². The maximum absolute atomic E-state index is 13.0. The number of ether oxygens (including phenoxy) is 2. The number of phenolic OH excluding ortho intramolecular Hbond substituents is 1. The number of fused-ring (bicyclic) bond motifs is 1. The molecule has 1 fully saturated rings. The van der Waals surface area contributed by atoms with E-state index in [-0.39, 0.29) is 17.6 Å². The number of benzene rings is 2. The topological polar surface area (TPSA) is 76.1 Å². The molecule has 2 aromatic rings. The summed E-state index contributed by atoms with van der Waals surface area (Å²) in [7, 11) is 1.51. The molecule has 2 aliphatic rings. The number of likely N-dealkylation sites (tertiary alicyclic amines) is 1. The number of amides is 1. The summed E-state index contributed by atoms with van der Waals surface area (Å²) in [5.41, 5.74) is 1.20. The Hall–Kier alpha value is -2.93. The van der Waals surface area contributed by atoms with Gasteiger partial charge in [0, 0.05) is 13.1 Å². The number of carbonyl (C=O) groups is 2. The van der Waals surface area contributed by atoms with Crippen molar-refractivity contribution in [3.05, 3.63) is 52.4 Å². The Morgan fingerprint density at radius 3 is 2.45 bits per heavy atom. The number of nitrogens with zero attached hydrogens (tertiary/aromatic N) is 1. The summed E-state index contributed by atoms with van der Waals surface area (Å²) in [4.78, 5) is 28.4. The predicted octanol–water partition coefficient (Wildman–Crippen LogP) is 4.72. The smallest absolute Gasteiger partial charge is 0.415 e. The van der Waals surface area contributed by atoms with Crippen LogP contribution in [0.2, 0.25) is 0 Å². The molecule has 2 heterocycles. The second kappa shape index (κ2) is 8.21. The molecule has 0 saturated carbocycles. The van der Waals surface area contributed by atoms with Gasteiger partial charge in [-0.2, -0.15) is 0 Å². The van der Waals surface area contributed by atoms with Crippen molar-refractivity contribution in [2.75, 3.05) is 20.2 Å². The van der Waals surface area contributed by atoms with Gasteiger partial charge in [-0.1, -0.05) is 23.9 Å². The quantitative estimate of drug-likeness (QED) is 0.737. The van der Waals surface area contributed by atoms with Crippen LogP contribution in [-0.2, 0) is 0 Å². The highest BCUT2D eigenvalue weighted by molar-refractivity contribution is 8.05. The number of Topliss-reactive ketones (excluding diaryl/α,β-unsaturated/α-hetero) is 1. The monoisotopic (exact) mass is 411 g/mol. The molecule has 1 amide bonds. The van der Waals surface area contributed by atoms with Gasteiger partial charge >= 0.3 is 6.09 Å². The Balaban J connectivity index is 1.64. The van der Waals surface area contributed by atoms with Gasteiger partial charge in [0.2, 0.25) is 5.78 Å². The molecular formula is C22H21NO5S. The molecule has 0 aromatic heterocycles. The van der Waals surface area contributed by atoms with Gasteiger partial charge in [-0.05, 0) is 55.2 Å². The zero-order chi connectivity index (χ0) is 20.4. The van der Waals surface area contributed by atoms with Gasteiger partial charge < -0.3 is 19.5 Å². The maximum Gasteiger partial charge on any atom is 0.415 e. The molecule has 1 saturated heterocycles. The second-order valence-corrected chi connectivity index (χ2v) is 7.97. The molecule has 4 rings (SSSR count). The van der Waals surface area contributed by atoms with E-state index in [4.69, 9.17) is 9.47 Å². The lowest BCUT2D eigenvalue weighted by molar-refractivity contribution is 0.103. The zero-order valence-corrected chi connectivity index (χ0v) is 16.8. The number of ketones is 1. The van der Waals surface area contributed by atoms with Crippen molar-refractivity contribution in [1.82, 2.24) is 4.90 Å². The van der Waals surface area contributed by atoms with E-state index in [2.05, 4.69) is 0 Å². The number of hydrogen-bond acceptors (Lipinski definition) is 6.